The van der Waals surface area contributed by atoms with Crippen LogP contribution in [0.2, 0.25) is 0 Å². The molecule has 0 amide bonds. The predicted octanol–water partition coefficient (Wildman–Crippen LogP) is 3.72. The Morgan fingerprint density at radius 3 is 2.25 bits per heavy atom. The fourth-order valence-corrected chi connectivity index (χ4v) is 1.93. The maximum atomic E-state index is 11.9. The number of rotatable bonds is 6. The molecule has 0 radical (unpaired) electrons. The summed E-state index contributed by atoms with van der Waals surface area (Å²) < 4.78 is 0. The Hall–Kier alpha value is -2.19. The zero-order valence-electron chi connectivity index (χ0n) is 11.3. The Bertz CT molecular complexity index is 558. The fourth-order valence-electron chi connectivity index (χ4n) is 1.93. The molecule has 1 atom stereocenters. The van der Waals surface area contributed by atoms with Crippen LogP contribution < -0.4 is 0 Å². The minimum absolute atomic E-state index is 0.0674. The van der Waals surface area contributed by atoms with E-state index in [-0.39, 0.29) is 5.78 Å². The predicted molar refractivity (Wildman–Crippen MR) is 81.5 cm³/mol. The second-order valence-electron chi connectivity index (χ2n) is 4.67. The van der Waals surface area contributed by atoms with Crippen molar-refractivity contribution in [2.75, 3.05) is 0 Å². The summed E-state index contributed by atoms with van der Waals surface area (Å²) in [6, 6.07) is 19.0. The Balaban J connectivity index is 1.82. The molecule has 0 bridgehead atoms. The number of carbonyl (C=O) groups excluding carboxylic acids is 1. The highest BCUT2D eigenvalue weighted by molar-refractivity contribution is 5.95. The van der Waals surface area contributed by atoms with Gasteiger partial charge in [-0.25, -0.2) is 0 Å². The van der Waals surface area contributed by atoms with Gasteiger partial charge in [0.05, 0.1) is 6.10 Å². The van der Waals surface area contributed by atoms with E-state index in [0.29, 0.717) is 18.4 Å². The van der Waals surface area contributed by atoms with Crippen LogP contribution in [0.1, 0.15) is 28.8 Å². The highest BCUT2D eigenvalue weighted by Crippen LogP contribution is 2.09. The summed E-state index contributed by atoms with van der Waals surface area (Å²) in [5.74, 6) is 0.0674. The second kappa shape index (κ2) is 7.41. The monoisotopic (exact) mass is 266 g/mol. The molecule has 1 N–H and O–H groups in total. The maximum Gasteiger partial charge on any atom is 0.162 e. The molecule has 2 aromatic carbocycles. The fraction of sp³-hybridized carbons (Fsp3) is 0.167. The zero-order valence-corrected chi connectivity index (χ0v) is 11.3. The van der Waals surface area contributed by atoms with Crippen LogP contribution >= 0.6 is 0 Å². The molecule has 0 saturated heterocycles. The van der Waals surface area contributed by atoms with Crippen molar-refractivity contribution < 1.29 is 9.90 Å². The number of benzene rings is 2. The van der Waals surface area contributed by atoms with Gasteiger partial charge in [0, 0.05) is 12.0 Å². The van der Waals surface area contributed by atoms with Crippen LogP contribution in [-0.2, 0) is 0 Å². The minimum atomic E-state index is -0.595. The van der Waals surface area contributed by atoms with E-state index in [2.05, 4.69) is 0 Å². The van der Waals surface area contributed by atoms with E-state index in [1.807, 2.05) is 54.6 Å². The van der Waals surface area contributed by atoms with Gasteiger partial charge in [-0.2, -0.15) is 0 Å². The van der Waals surface area contributed by atoms with Gasteiger partial charge in [-0.15, -0.1) is 0 Å². The van der Waals surface area contributed by atoms with Crippen molar-refractivity contribution in [3.05, 3.63) is 77.9 Å². The highest BCUT2D eigenvalue weighted by atomic mass is 16.3. The standard InChI is InChI=1S/C18H18O2/c19-17(12-11-15-7-3-1-4-8-15)13-14-18(20)16-9-5-2-6-10-16/h1-12,17,19H,13-14H2/b12-11+. The number of hydrogen-bond acceptors (Lipinski definition) is 2. The van der Waals surface area contributed by atoms with Crippen LogP contribution in [0.3, 0.4) is 0 Å². The van der Waals surface area contributed by atoms with Gasteiger partial charge < -0.3 is 5.11 Å². The number of carbonyl (C=O) groups is 1. The zero-order chi connectivity index (χ0) is 14.2. The molecule has 0 aliphatic carbocycles. The van der Waals surface area contributed by atoms with E-state index in [1.54, 1.807) is 18.2 Å². The lowest BCUT2D eigenvalue weighted by molar-refractivity contribution is 0.0959. The normalized spacial score (nSPS) is 12.4. The van der Waals surface area contributed by atoms with Gasteiger partial charge in [0.25, 0.3) is 0 Å². The second-order valence-corrected chi connectivity index (χ2v) is 4.67. The minimum Gasteiger partial charge on any atom is -0.389 e. The van der Waals surface area contributed by atoms with Crippen molar-refractivity contribution in [3.8, 4) is 0 Å². The summed E-state index contributed by atoms with van der Waals surface area (Å²) in [5.41, 5.74) is 1.74. The Morgan fingerprint density at radius 1 is 1.00 bits per heavy atom. The Kier molecular flexibility index (Phi) is 5.27. The first-order valence-corrected chi connectivity index (χ1v) is 6.75. The lowest BCUT2D eigenvalue weighted by Crippen LogP contribution is -2.07. The van der Waals surface area contributed by atoms with Crippen molar-refractivity contribution >= 4 is 11.9 Å². The molecule has 2 heteroatoms. The van der Waals surface area contributed by atoms with Gasteiger partial charge >= 0.3 is 0 Å². The highest BCUT2D eigenvalue weighted by Gasteiger charge is 2.07. The van der Waals surface area contributed by atoms with Crippen LogP contribution in [0.4, 0.5) is 0 Å². The molecule has 0 aliphatic rings. The van der Waals surface area contributed by atoms with Gasteiger partial charge in [0.2, 0.25) is 0 Å². The van der Waals surface area contributed by atoms with Crippen LogP contribution in [0, 0.1) is 0 Å². The molecule has 2 aromatic rings. The van der Waals surface area contributed by atoms with Gasteiger partial charge in [-0.1, -0.05) is 72.8 Å². The van der Waals surface area contributed by atoms with Crippen LogP contribution in [-0.4, -0.2) is 17.0 Å². The molecular weight excluding hydrogens is 248 g/mol. The van der Waals surface area contributed by atoms with Gasteiger partial charge in [-0.05, 0) is 12.0 Å². The van der Waals surface area contributed by atoms with Crippen molar-refractivity contribution in [2.45, 2.75) is 18.9 Å². The Labute approximate surface area is 119 Å². The van der Waals surface area contributed by atoms with Crippen molar-refractivity contribution in [2.24, 2.45) is 0 Å². The largest absolute Gasteiger partial charge is 0.389 e. The molecule has 0 spiro atoms. The number of aliphatic hydroxyl groups excluding tert-OH is 1. The number of aliphatic hydroxyl groups is 1. The average Bonchev–Trinajstić information content (AvgIpc) is 2.52. The molecule has 2 nitrogen and oxygen atoms in total. The maximum absolute atomic E-state index is 11.9. The molecule has 0 heterocycles. The smallest absolute Gasteiger partial charge is 0.162 e. The van der Waals surface area contributed by atoms with Gasteiger partial charge in [0.1, 0.15) is 0 Å². The van der Waals surface area contributed by atoms with E-state index in [4.69, 9.17) is 0 Å². The van der Waals surface area contributed by atoms with Crippen molar-refractivity contribution in [3.63, 3.8) is 0 Å². The van der Waals surface area contributed by atoms with Crippen LogP contribution in [0.5, 0.6) is 0 Å². The Morgan fingerprint density at radius 2 is 1.60 bits per heavy atom. The molecule has 0 aromatic heterocycles. The first-order chi connectivity index (χ1) is 9.75. The average molecular weight is 266 g/mol. The van der Waals surface area contributed by atoms with E-state index in [1.165, 1.54) is 0 Å². The molecular formula is C18H18O2. The summed E-state index contributed by atoms with van der Waals surface area (Å²) in [4.78, 5) is 11.9. The van der Waals surface area contributed by atoms with Crippen LogP contribution in [0.15, 0.2) is 66.7 Å². The number of ketones is 1. The molecule has 0 fully saturated rings. The molecule has 20 heavy (non-hydrogen) atoms. The van der Waals surface area contributed by atoms with E-state index in [0.717, 1.165) is 5.56 Å². The summed E-state index contributed by atoms with van der Waals surface area (Å²) in [6.45, 7) is 0. The summed E-state index contributed by atoms with van der Waals surface area (Å²) in [6.07, 6.45) is 3.80. The topological polar surface area (TPSA) is 37.3 Å². The number of Topliss-reactive ketones (excluding diaryl/α,β-unsaturated/α-hetero) is 1. The first-order valence-electron chi connectivity index (χ1n) is 6.75. The molecule has 0 aliphatic heterocycles. The lowest BCUT2D eigenvalue weighted by Gasteiger charge is -2.05. The molecule has 2 rings (SSSR count). The summed E-state index contributed by atoms with van der Waals surface area (Å²) in [7, 11) is 0. The molecule has 1 unspecified atom stereocenters. The third-order valence-corrected chi connectivity index (χ3v) is 3.07. The van der Waals surface area contributed by atoms with Crippen molar-refractivity contribution in [1.82, 2.24) is 0 Å². The number of hydrogen-bond donors (Lipinski definition) is 1. The van der Waals surface area contributed by atoms with Gasteiger partial charge in [0.15, 0.2) is 5.78 Å². The first kappa shape index (κ1) is 14.2. The third-order valence-electron chi connectivity index (χ3n) is 3.07. The van der Waals surface area contributed by atoms with Crippen LogP contribution in [0.25, 0.3) is 6.08 Å². The van der Waals surface area contributed by atoms with E-state index < -0.39 is 6.10 Å². The third kappa shape index (κ3) is 4.48. The van der Waals surface area contributed by atoms with Crippen molar-refractivity contribution in [1.29, 1.82) is 0 Å². The van der Waals surface area contributed by atoms with E-state index >= 15 is 0 Å². The SMILES string of the molecule is O=C(CCC(O)/C=C/c1ccccc1)c1ccccc1. The quantitative estimate of drug-likeness (QED) is 0.809. The van der Waals surface area contributed by atoms with Gasteiger partial charge in [-0.3, -0.25) is 4.79 Å². The summed E-state index contributed by atoms with van der Waals surface area (Å²) in [5, 5.41) is 9.87. The molecule has 102 valence electrons. The lowest BCUT2D eigenvalue weighted by atomic mass is 10.0. The molecule has 0 saturated carbocycles. The van der Waals surface area contributed by atoms with E-state index in [9.17, 15) is 9.90 Å². The summed E-state index contributed by atoms with van der Waals surface area (Å²) >= 11 is 0.